The Morgan fingerprint density at radius 1 is 1.31 bits per heavy atom. The Morgan fingerprint density at radius 2 is 2.19 bits per heavy atom. The van der Waals surface area contributed by atoms with Crippen LogP contribution in [0.5, 0.6) is 0 Å². The van der Waals surface area contributed by atoms with Crippen LogP contribution in [0, 0.1) is 5.92 Å². The van der Waals surface area contributed by atoms with Gasteiger partial charge in [0, 0.05) is 61.4 Å². The molecule has 2 bridgehead atoms. The van der Waals surface area contributed by atoms with Gasteiger partial charge in [-0.25, -0.2) is 4.98 Å². The molecule has 2 aliphatic heterocycles. The number of carbonyl (C=O) groups excluding carboxylic acids is 1. The van der Waals surface area contributed by atoms with Gasteiger partial charge in [0.15, 0.2) is 0 Å². The molecule has 0 aliphatic carbocycles. The third kappa shape index (κ3) is 3.08. The van der Waals surface area contributed by atoms with Gasteiger partial charge in [-0.2, -0.15) is 0 Å². The molecule has 26 heavy (non-hydrogen) atoms. The maximum atomic E-state index is 12.9. The van der Waals surface area contributed by atoms with E-state index in [4.69, 9.17) is 0 Å². The van der Waals surface area contributed by atoms with E-state index in [1.807, 2.05) is 6.07 Å². The van der Waals surface area contributed by atoms with Gasteiger partial charge >= 0.3 is 0 Å². The van der Waals surface area contributed by atoms with Gasteiger partial charge in [-0.15, -0.1) is 0 Å². The second-order valence-corrected chi connectivity index (χ2v) is 6.90. The summed E-state index contributed by atoms with van der Waals surface area (Å²) in [6.07, 6.45) is 2.72. The van der Waals surface area contributed by atoms with Crippen LogP contribution in [0.4, 0.5) is 0 Å². The smallest absolute Gasteiger partial charge is 0.251 e. The standard InChI is InChI=1S/C18H21N5O3/c24-15-7-13(21-10-22-15)4-5-20-18(26)17-12-6-11(8-19-9-12)14-2-1-3-16(25)23(14)17/h1-3,7,10-12,17,19H,4-6,8-9H2,(H,20,26)(H,21,22,24)/t11-,12+,17-/m1/s1. The fraction of sp³-hybridized carbons (Fsp3) is 0.444. The lowest BCUT2D eigenvalue weighted by Gasteiger charge is -2.42. The first-order chi connectivity index (χ1) is 12.6. The Morgan fingerprint density at radius 3 is 3.04 bits per heavy atom. The summed E-state index contributed by atoms with van der Waals surface area (Å²) in [7, 11) is 0. The van der Waals surface area contributed by atoms with Crippen LogP contribution in [-0.4, -0.2) is 40.1 Å². The second-order valence-electron chi connectivity index (χ2n) is 6.90. The van der Waals surface area contributed by atoms with Gasteiger partial charge in [0.05, 0.1) is 6.33 Å². The maximum Gasteiger partial charge on any atom is 0.251 e. The van der Waals surface area contributed by atoms with Crippen LogP contribution in [0.3, 0.4) is 0 Å². The van der Waals surface area contributed by atoms with E-state index in [1.54, 1.807) is 10.6 Å². The Labute approximate surface area is 149 Å². The number of H-pyrrole nitrogens is 1. The lowest BCUT2D eigenvalue weighted by atomic mass is 9.79. The molecule has 3 atom stereocenters. The molecule has 2 aromatic rings. The number of nitrogens with one attached hydrogen (secondary N) is 3. The molecule has 0 aromatic carbocycles. The van der Waals surface area contributed by atoms with Crippen LogP contribution >= 0.6 is 0 Å². The summed E-state index contributed by atoms with van der Waals surface area (Å²) >= 11 is 0. The molecule has 4 heterocycles. The first-order valence-electron chi connectivity index (χ1n) is 8.87. The molecule has 1 amide bonds. The minimum atomic E-state index is -0.505. The predicted molar refractivity (Wildman–Crippen MR) is 95.0 cm³/mol. The van der Waals surface area contributed by atoms with Gasteiger partial charge in [-0.3, -0.25) is 19.0 Å². The molecule has 1 fully saturated rings. The second kappa shape index (κ2) is 6.87. The van der Waals surface area contributed by atoms with Crippen LogP contribution in [0.15, 0.2) is 40.2 Å². The Balaban J connectivity index is 1.53. The van der Waals surface area contributed by atoms with Crippen molar-refractivity contribution in [1.82, 2.24) is 25.2 Å². The molecule has 8 heteroatoms. The Kier molecular flexibility index (Phi) is 4.42. The quantitative estimate of drug-likeness (QED) is 0.688. The van der Waals surface area contributed by atoms with Crippen LogP contribution in [-0.2, 0) is 11.2 Å². The van der Waals surface area contributed by atoms with Crippen LogP contribution in [0.1, 0.15) is 29.8 Å². The third-order valence-corrected chi connectivity index (χ3v) is 5.23. The molecule has 8 nitrogen and oxygen atoms in total. The molecule has 0 spiro atoms. The van der Waals surface area contributed by atoms with Crippen LogP contribution < -0.4 is 21.8 Å². The van der Waals surface area contributed by atoms with E-state index in [2.05, 4.69) is 20.6 Å². The maximum absolute atomic E-state index is 12.9. The number of aromatic amines is 1. The summed E-state index contributed by atoms with van der Waals surface area (Å²) in [5.41, 5.74) is 1.20. The molecule has 3 N–H and O–H groups in total. The minimum absolute atomic E-state index is 0.0963. The van der Waals surface area contributed by atoms with Crippen molar-refractivity contribution in [3.63, 3.8) is 0 Å². The number of carbonyl (C=O) groups is 1. The fourth-order valence-corrected chi connectivity index (χ4v) is 4.09. The normalized spacial score (nSPS) is 23.9. The van der Waals surface area contributed by atoms with Crippen molar-refractivity contribution in [2.45, 2.75) is 24.8 Å². The van der Waals surface area contributed by atoms with Crippen molar-refractivity contribution >= 4 is 5.91 Å². The highest BCUT2D eigenvalue weighted by Gasteiger charge is 2.41. The van der Waals surface area contributed by atoms with Crippen molar-refractivity contribution in [1.29, 1.82) is 0 Å². The summed E-state index contributed by atoms with van der Waals surface area (Å²) < 4.78 is 1.67. The number of hydrogen-bond donors (Lipinski definition) is 3. The van der Waals surface area contributed by atoms with Crippen molar-refractivity contribution in [2.75, 3.05) is 19.6 Å². The van der Waals surface area contributed by atoms with Gasteiger partial charge in [0.25, 0.3) is 11.1 Å². The van der Waals surface area contributed by atoms with Gasteiger partial charge in [0.1, 0.15) is 6.04 Å². The Bertz CT molecular complexity index is 935. The van der Waals surface area contributed by atoms with E-state index in [1.165, 1.54) is 18.5 Å². The SMILES string of the molecule is O=C(NCCc1cc(=O)[nH]cn1)[C@H]1[C@@H]2CNC[C@@H](C2)c2cccc(=O)n21. The number of amides is 1. The number of aromatic nitrogens is 3. The van der Waals surface area contributed by atoms with E-state index in [9.17, 15) is 14.4 Å². The highest BCUT2D eigenvalue weighted by molar-refractivity contribution is 5.81. The molecule has 1 saturated heterocycles. The molecule has 0 radical (unpaired) electrons. The predicted octanol–water partition coefficient (Wildman–Crippen LogP) is -0.462. The lowest BCUT2D eigenvalue weighted by molar-refractivity contribution is -0.126. The van der Waals surface area contributed by atoms with Gasteiger partial charge in [-0.05, 0) is 12.5 Å². The third-order valence-electron chi connectivity index (χ3n) is 5.23. The zero-order valence-electron chi connectivity index (χ0n) is 14.3. The van der Waals surface area contributed by atoms with E-state index in [-0.39, 0.29) is 28.9 Å². The fourth-order valence-electron chi connectivity index (χ4n) is 4.09. The molecule has 136 valence electrons. The highest BCUT2D eigenvalue weighted by Crippen LogP contribution is 2.38. The van der Waals surface area contributed by atoms with Gasteiger partial charge < -0.3 is 15.6 Å². The summed E-state index contributed by atoms with van der Waals surface area (Å²) in [6, 6.07) is 6.13. The van der Waals surface area contributed by atoms with Crippen LogP contribution in [0.2, 0.25) is 0 Å². The molecule has 0 saturated carbocycles. The van der Waals surface area contributed by atoms with Gasteiger partial charge in [-0.1, -0.05) is 6.07 Å². The average Bonchev–Trinajstić information content (AvgIpc) is 2.63. The molecule has 4 rings (SSSR count). The molecule has 2 aromatic heterocycles. The molecule has 2 aliphatic rings. The van der Waals surface area contributed by atoms with Crippen molar-refractivity contribution in [3.05, 3.63) is 62.7 Å². The lowest BCUT2D eigenvalue weighted by Crippen LogP contribution is -2.52. The van der Waals surface area contributed by atoms with E-state index in [0.717, 1.165) is 25.2 Å². The van der Waals surface area contributed by atoms with Gasteiger partial charge in [0.2, 0.25) is 5.91 Å². The minimum Gasteiger partial charge on any atom is -0.354 e. The van der Waals surface area contributed by atoms with Crippen LogP contribution in [0.25, 0.3) is 0 Å². The Hall–Kier alpha value is -2.74. The number of hydrogen-bond acceptors (Lipinski definition) is 5. The van der Waals surface area contributed by atoms with E-state index < -0.39 is 6.04 Å². The largest absolute Gasteiger partial charge is 0.354 e. The zero-order valence-corrected chi connectivity index (χ0v) is 14.3. The average molecular weight is 355 g/mol. The van der Waals surface area contributed by atoms with Crippen molar-refractivity contribution in [2.24, 2.45) is 5.92 Å². The number of piperidine rings is 1. The van der Waals surface area contributed by atoms with Crippen molar-refractivity contribution < 1.29 is 4.79 Å². The van der Waals surface area contributed by atoms with E-state index >= 15 is 0 Å². The summed E-state index contributed by atoms with van der Waals surface area (Å²) in [5, 5.41) is 6.29. The first kappa shape index (κ1) is 16.7. The molecule has 0 unspecified atom stereocenters. The topological polar surface area (TPSA) is 109 Å². The number of fused-ring (bicyclic) bond motifs is 4. The van der Waals surface area contributed by atoms with Crippen molar-refractivity contribution in [3.8, 4) is 0 Å². The first-order valence-corrected chi connectivity index (χ1v) is 8.87. The molecular weight excluding hydrogens is 334 g/mol. The number of nitrogens with zero attached hydrogens (tertiary/aromatic N) is 2. The number of pyridine rings is 1. The van der Waals surface area contributed by atoms with E-state index in [0.29, 0.717) is 18.7 Å². The highest BCUT2D eigenvalue weighted by atomic mass is 16.2. The monoisotopic (exact) mass is 355 g/mol. The summed E-state index contributed by atoms with van der Waals surface area (Å²) in [5.74, 6) is 0.211. The zero-order chi connectivity index (χ0) is 18.1. The summed E-state index contributed by atoms with van der Waals surface area (Å²) in [6.45, 7) is 1.93. The molecular formula is C18H21N5O3. The summed E-state index contributed by atoms with van der Waals surface area (Å²) in [4.78, 5) is 43.2. The number of rotatable bonds is 4.